The van der Waals surface area contributed by atoms with Gasteiger partial charge in [-0.15, -0.1) is 0 Å². The molecule has 0 aliphatic rings. The second-order valence-corrected chi connectivity index (χ2v) is 4.69. The van der Waals surface area contributed by atoms with E-state index in [1.165, 1.54) is 31.4 Å². The second kappa shape index (κ2) is 5.37. The lowest BCUT2D eigenvalue weighted by atomic mass is 10.1. The van der Waals surface area contributed by atoms with Crippen molar-refractivity contribution in [3.05, 3.63) is 64.3 Å². The number of methoxy groups -OCH3 is 1. The third-order valence-corrected chi connectivity index (χ3v) is 3.35. The van der Waals surface area contributed by atoms with Crippen LogP contribution in [0, 0.1) is 0 Å². The standard InChI is InChI=1S/C17H12O5/c1-21-14-5-3-2-4-11(14)16-9-13(18)12-8-10(17(19)20)6-7-15(12)22-16/h2-9H,1H3,(H,19,20). The molecule has 0 fully saturated rings. The molecule has 2 aromatic carbocycles. The van der Waals surface area contributed by atoms with E-state index in [2.05, 4.69) is 0 Å². The van der Waals surface area contributed by atoms with E-state index in [0.29, 0.717) is 22.7 Å². The molecule has 0 radical (unpaired) electrons. The molecule has 5 nitrogen and oxygen atoms in total. The van der Waals surface area contributed by atoms with Crippen molar-refractivity contribution in [2.24, 2.45) is 0 Å². The van der Waals surface area contributed by atoms with E-state index < -0.39 is 5.97 Å². The summed E-state index contributed by atoms with van der Waals surface area (Å²) in [5, 5.41) is 9.22. The number of fused-ring (bicyclic) bond motifs is 1. The Morgan fingerprint density at radius 3 is 2.64 bits per heavy atom. The lowest BCUT2D eigenvalue weighted by Gasteiger charge is -2.08. The van der Waals surface area contributed by atoms with E-state index >= 15 is 0 Å². The van der Waals surface area contributed by atoms with Crippen molar-refractivity contribution in [3.63, 3.8) is 0 Å². The zero-order valence-corrected chi connectivity index (χ0v) is 11.7. The highest BCUT2D eigenvalue weighted by molar-refractivity contribution is 5.93. The predicted molar refractivity (Wildman–Crippen MR) is 81.4 cm³/mol. The molecule has 1 N–H and O–H groups in total. The summed E-state index contributed by atoms with van der Waals surface area (Å²) in [6.07, 6.45) is 0. The van der Waals surface area contributed by atoms with Gasteiger partial charge in [0, 0.05) is 6.07 Å². The van der Waals surface area contributed by atoms with Gasteiger partial charge in [0.1, 0.15) is 17.1 Å². The van der Waals surface area contributed by atoms with Crippen molar-refractivity contribution >= 4 is 16.9 Å². The lowest BCUT2D eigenvalue weighted by molar-refractivity contribution is 0.0697. The summed E-state index contributed by atoms with van der Waals surface area (Å²) in [4.78, 5) is 23.2. The van der Waals surface area contributed by atoms with Gasteiger partial charge in [-0.25, -0.2) is 4.79 Å². The van der Waals surface area contributed by atoms with Crippen LogP contribution in [-0.2, 0) is 0 Å². The molecule has 0 aliphatic carbocycles. The van der Waals surface area contributed by atoms with Gasteiger partial charge < -0.3 is 14.3 Å². The number of benzene rings is 2. The van der Waals surface area contributed by atoms with Gasteiger partial charge in [0.25, 0.3) is 0 Å². The summed E-state index contributed by atoms with van der Waals surface area (Å²) < 4.78 is 11.0. The summed E-state index contributed by atoms with van der Waals surface area (Å²) in [5.41, 5.74) is 0.736. The molecule has 22 heavy (non-hydrogen) atoms. The van der Waals surface area contributed by atoms with Gasteiger partial charge in [0.05, 0.1) is 23.6 Å². The lowest BCUT2D eigenvalue weighted by Crippen LogP contribution is -2.03. The van der Waals surface area contributed by atoms with Crippen molar-refractivity contribution in [3.8, 4) is 17.1 Å². The number of para-hydroxylation sites is 1. The van der Waals surface area contributed by atoms with E-state index in [0.717, 1.165) is 0 Å². The van der Waals surface area contributed by atoms with Crippen LogP contribution in [-0.4, -0.2) is 18.2 Å². The highest BCUT2D eigenvalue weighted by Gasteiger charge is 2.12. The normalized spacial score (nSPS) is 10.6. The van der Waals surface area contributed by atoms with Crippen LogP contribution < -0.4 is 10.2 Å². The fourth-order valence-corrected chi connectivity index (χ4v) is 2.27. The van der Waals surface area contributed by atoms with E-state index in [9.17, 15) is 9.59 Å². The van der Waals surface area contributed by atoms with Crippen molar-refractivity contribution < 1.29 is 19.1 Å². The smallest absolute Gasteiger partial charge is 0.335 e. The average Bonchev–Trinajstić information content (AvgIpc) is 2.54. The molecular weight excluding hydrogens is 284 g/mol. The third-order valence-electron chi connectivity index (χ3n) is 3.35. The fourth-order valence-electron chi connectivity index (χ4n) is 2.27. The van der Waals surface area contributed by atoms with Crippen LogP contribution in [0.15, 0.2) is 57.7 Å². The molecule has 110 valence electrons. The quantitative estimate of drug-likeness (QED) is 0.803. The van der Waals surface area contributed by atoms with Crippen LogP contribution in [0.3, 0.4) is 0 Å². The molecule has 1 heterocycles. The van der Waals surface area contributed by atoms with Gasteiger partial charge in [-0.05, 0) is 30.3 Å². The van der Waals surface area contributed by atoms with Crippen LogP contribution in [0.25, 0.3) is 22.3 Å². The molecule has 0 atom stereocenters. The van der Waals surface area contributed by atoms with Crippen molar-refractivity contribution in [2.75, 3.05) is 7.11 Å². The number of rotatable bonds is 3. The van der Waals surface area contributed by atoms with Crippen LogP contribution in [0.4, 0.5) is 0 Å². The Morgan fingerprint density at radius 2 is 1.91 bits per heavy atom. The second-order valence-electron chi connectivity index (χ2n) is 4.69. The van der Waals surface area contributed by atoms with Gasteiger partial charge in [-0.1, -0.05) is 12.1 Å². The largest absolute Gasteiger partial charge is 0.496 e. The van der Waals surface area contributed by atoms with E-state index in [-0.39, 0.29) is 16.4 Å². The molecular formula is C17H12O5. The van der Waals surface area contributed by atoms with Gasteiger partial charge >= 0.3 is 5.97 Å². The van der Waals surface area contributed by atoms with E-state index in [4.69, 9.17) is 14.3 Å². The van der Waals surface area contributed by atoms with Crippen LogP contribution in [0.1, 0.15) is 10.4 Å². The molecule has 3 aromatic rings. The SMILES string of the molecule is COc1ccccc1-c1cc(=O)c2cc(C(=O)O)ccc2o1. The fraction of sp³-hybridized carbons (Fsp3) is 0.0588. The van der Waals surface area contributed by atoms with Gasteiger partial charge in [0.2, 0.25) is 0 Å². The van der Waals surface area contributed by atoms with Gasteiger partial charge in [0.15, 0.2) is 5.43 Å². The van der Waals surface area contributed by atoms with Crippen molar-refractivity contribution in [1.82, 2.24) is 0 Å². The summed E-state index contributed by atoms with van der Waals surface area (Å²) in [5.74, 6) is -0.125. The minimum absolute atomic E-state index is 0.0461. The minimum Gasteiger partial charge on any atom is -0.496 e. The molecule has 0 saturated carbocycles. The van der Waals surface area contributed by atoms with E-state index in [1.54, 1.807) is 12.1 Å². The first-order chi connectivity index (χ1) is 10.6. The Morgan fingerprint density at radius 1 is 1.14 bits per heavy atom. The first kappa shape index (κ1) is 13.9. The number of aromatic carboxylic acids is 1. The zero-order chi connectivity index (χ0) is 15.7. The van der Waals surface area contributed by atoms with Gasteiger partial charge in [-0.3, -0.25) is 4.79 Å². The molecule has 0 unspecified atom stereocenters. The summed E-state index contributed by atoms with van der Waals surface area (Å²) in [6.45, 7) is 0. The monoisotopic (exact) mass is 296 g/mol. The number of carboxylic acid groups (broad SMARTS) is 1. The molecule has 0 spiro atoms. The average molecular weight is 296 g/mol. The minimum atomic E-state index is -1.09. The first-order valence-corrected chi connectivity index (χ1v) is 6.55. The highest BCUT2D eigenvalue weighted by Crippen LogP contribution is 2.30. The van der Waals surface area contributed by atoms with Crippen LogP contribution >= 0.6 is 0 Å². The maximum absolute atomic E-state index is 12.3. The summed E-state index contributed by atoms with van der Waals surface area (Å²) in [6, 6.07) is 12.7. The van der Waals surface area contributed by atoms with Crippen LogP contribution in [0.2, 0.25) is 0 Å². The van der Waals surface area contributed by atoms with Gasteiger partial charge in [-0.2, -0.15) is 0 Å². The zero-order valence-electron chi connectivity index (χ0n) is 11.7. The Labute approximate surface area is 125 Å². The summed E-state index contributed by atoms with van der Waals surface area (Å²) >= 11 is 0. The Bertz CT molecular complexity index is 924. The number of carbonyl (C=O) groups is 1. The first-order valence-electron chi connectivity index (χ1n) is 6.55. The predicted octanol–water partition coefficient (Wildman–Crippen LogP) is 3.17. The number of ether oxygens (including phenoxy) is 1. The Kier molecular flexibility index (Phi) is 3.39. The summed E-state index contributed by atoms with van der Waals surface area (Å²) in [7, 11) is 1.54. The van der Waals surface area contributed by atoms with Crippen molar-refractivity contribution in [2.45, 2.75) is 0 Å². The highest BCUT2D eigenvalue weighted by atomic mass is 16.5. The number of hydrogen-bond acceptors (Lipinski definition) is 4. The van der Waals surface area contributed by atoms with Crippen LogP contribution in [0.5, 0.6) is 5.75 Å². The number of hydrogen-bond donors (Lipinski definition) is 1. The third kappa shape index (κ3) is 2.33. The Balaban J connectivity index is 2.24. The molecule has 0 bridgehead atoms. The maximum Gasteiger partial charge on any atom is 0.335 e. The molecule has 0 saturated heterocycles. The molecule has 3 rings (SSSR count). The maximum atomic E-state index is 12.3. The van der Waals surface area contributed by atoms with Crippen molar-refractivity contribution in [1.29, 1.82) is 0 Å². The molecule has 1 aromatic heterocycles. The Hall–Kier alpha value is -3.08. The van der Waals surface area contributed by atoms with E-state index in [1.807, 2.05) is 12.1 Å². The molecule has 0 aliphatic heterocycles. The molecule has 0 amide bonds. The topological polar surface area (TPSA) is 76.7 Å². The molecule has 5 heteroatoms. The number of carboxylic acids is 1.